The van der Waals surface area contributed by atoms with E-state index in [1.165, 1.54) is 18.0 Å². The fourth-order valence-corrected chi connectivity index (χ4v) is 3.22. The minimum Gasteiger partial charge on any atom is -0.467 e. The van der Waals surface area contributed by atoms with E-state index in [1.807, 2.05) is 6.07 Å². The predicted molar refractivity (Wildman–Crippen MR) is 106 cm³/mol. The second-order valence-electron chi connectivity index (χ2n) is 6.70. The number of para-hydroxylation sites is 1. The third-order valence-corrected chi connectivity index (χ3v) is 4.71. The van der Waals surface area contributed by atoms with Crippen molar-refractivity contribution in [3.8, 4) is 6.01 Å². The lowest BCUT2D eigenvalue weighted by atomic mass is 10.2. The van der Waals surface area contributed by atoms with Crippen LogP contribution in [-0.2, 0) is 17.9 Å². The van der Waals surface area contributed by atoms with E-state index in [0.29, 0.717) is 22.7 Å². The van der Waals surface area contributed by atoms with E-state index in [0.717, 1.165) is 25.9 Å². The lowest BCUT2D eigenvalue weighted by Crippen LogP contribution is -2.33. The van der Waals surface area contributed by atoms with Crippen LogP contribution in [0, 0.1) is 0 Å². The van der Waals surface area contributed by atoms with Gasteiger partial charge in [0.05, 0.1) is 30.9 Å². The predicted octanol–water partition coefficient (Wildman–Crippen LogP) is 0.507. The topological polar surface area (TPSA) is 115 Å². The molecule has 10 heteroatoms. The van der Waals surface area contributed by atoms with Crippen LogP contribution in [0.1, 0.15) is 18.7 Å². The van der Waals surface area contributed by atoms with Gasteiger partial charge in [0, 0.05) is 13.1 Å². The number of carbonyl (C=O) groups is 1. The monoisotopic (exact) mass is 395 g/mol. The van der Waals surface area contributed by atoms with Crippen molar-refractivity contribution >= 4 is 22.8 Å². The number of ether oxygens (including phenoxy) is 1. The Morgan fingerprint density at radius 2 is 1.97 bits per heavy atom. The van der Waals surface area contributed by atoms with Crippen LogP contribution in [0.2, 0.25) is 0 Å². The Morgan fingerprint density at radius 1 is 1.17 bits per heavy atom. The van der Waals surface area contributed by atoms with Crippen molar-refractivity contribution in [3.63, 3.8) is 0 Å². The van der Waals surface area contributed by atoms with Crippen molar-refractivity contribution in [1.82, 2.24) is 29.8 Å². The number of amides is 1. The Kier molecular flexibility index (Phi) is 5.32. The third-order valence-electron chi connectivity index (χ3n) is 4.71. The Balaban J connectivity index is 1.45. The van der Waals surface area contributed by atoms with E-state index < -0.39 is 0 Å². The van der Waals surface area contributed by atoms with Crippen LogP contribution >= 0.6 is 0 Å². The molecule has 1 aliphatic rings. The summed E-state index contributed by atoms with van der Waals surface area (Å²) in [6, 6.07) is 7.23. The molecule has 1 N–H and O–H groups in total. The van der Waals surface area contributed by atoms with Gasteiger partial charge in [0.15, 0.2) is 5.82 Å². The number of anilines is 1. The van der Waals surface area contributed by atoms with Crippen LogP contribution in [-0.4, -0.2) is 50.6 Å². The van der Waals surface area contributed by atoms with Crippen LogP contribution in [0.25, 0.3) is 10.9 Å². The van der Waals surface area contributed by atoms with Crippen molar-refractivity contribution < 1.29 is 9.53 Å². The number of nitrogens with one attached hydrogen (secondary N) is 1. The molecule has 29 heavy (non-hydrogen) atoms. The summed E-state index contributed by atoms with van der Waals surface area (Å²) in [5, 5.41) is 3.21. The molecule has 0 atom stereocenters. The van der Waals surface area contributed by atoms with Gasteiger partial charge in [-0.3, -0.25) is 14.2 Å². The minimum atomic E-state index is -0.341. The largest absolute Gasteiger partial charge is 0.467 e. The van der Waals surface area contributed by atoms with Gasteiger partial charge in [0.25, 0.3) is 5.56 Å². The third kappa shape index (κ3) is 4.15. The van der Waals surface area contributed by atoms with Crippen LogP contribution in [0.5, 0.6) is 6.01 Å². The van der Waals surface area contributed by atoms with Gasteiger partial charge < -0.3 is 15.0 Å². The first-order chi connectivity index (χ1) is 14.1. The van der Waals surface area contributed by atoms with Crippen molar-refractivity contribution in [2.45, 2.75) is 25.9 Å². The highest BCUT2D eigenvalue weighted by molar-refractivity contribution is 5.78. The normalized spacial score (nSPS) is 13.6. The SMILES string of the molecule is COc1nc(CNC(=O)Cn2cnc3ccccc3c2=O)nc(N2CCCC2)n1. The van der Waals surface area contributed by atoms with Gasteiger partial charge in [0.1, 0.15) is 6.54 Å². The number of aromatic nitrogens is 5. The molecule has 1 amide bonds. The molecule has 0 saturated carbocycles. The van der Waals surface area contributed by atoms with Crippen molar-refractivity contribution in [2.24, 2.45) is 0 Å². The molecule has 150 valence electrons. The lowest BCUT2D eigenvalue weighted by Gasteiger charge is -2.16. The van der Waals surface area contributed by atoms with Crippen LogP contribution in [0.15, 0.2) is 35.4 Å². The van der Waals surface area contributed by atoms with Crippen molar-refractivity contribution in [2.75, 3.05) is 25.1 Å². The van der Waals surface area contributed by atoms with E-state index in [2.05, 4.69) is 30.2 Å². The lowest BCUT2D eigenvalue weighted by molar-refractivity contribution is -0.121. The smallest absolute Gasteiger partial charge is 0.321 e. The molecule has 1 aliphatic heterocycles. The molecule has 1 fully saturated rings. The van der Waals surface area contributed by atoms with Gasteiger partial charge in [0.2, 0.25) is 11.9 Å². The first kappa shape index (κ1) is 18.8. The standard InChI is InChI=1S/C19H21N7O3/c1-29-19-23-15(22-18(24-19)25-8-4-5-9-25)10-20-16(27)11-26-12-21-14-7-3-2-6-13(14)17(26)28/h2-3,6-7,12H,4-5,8-11H2,1H3,(H,20,27). The zero-order valence-electron chi connectivity index (χ0n) is 16.0. The number of carbonyl (C=O) groups excluding carboxylic acids is 1. The minimum absolute atomic E-state index is 0.105. The maximum Gasteiger partial charge on any atom is 0.321 e. The number of hydrogen-bond donors (Lipinski definition) is 1. The Bertz CT molecular complexity index is 1090. The van der Waals surface area contributed by atoms with Gasteiger partial charge >= 0.3 is 6.01 Å². The maximum absolute atomic E-state index is 12.5. The Hall–Kier alpha value is -3.56. The zero-order chi connectivity index (χ0) is 20.2. The van der Waals surface area contributed by atoms with Gasteiger partial charge in [-0.25, -0.2) is 4.98 Å². The molecule has 3 aromatic rings. The fourth-order valence-electron chi connectivity index (χ4n) is 3.22. The second-order valence-corrected chi connectivity index (χ2v) is 6.70. The van der Waals surface area contributed by atoms with E-state index in [9.17, 15) is 9.59 Å². The molecule has 0 radical (unpaired) electrons. The maximum atomic E-state index is 12.5. The van der Waals surface area contributed by atoms with Crippen LogP contribution < -0.4 is 20.5 Å². The van der Waals surface area contributed by atoms with Crippen LogP contribution in [0.3, 0.4) is 0 Å². The Morgan fingerprint density at radius 3 is 2.76 bits per heavy atom. The van der Waals surface area contributed by atoms with Crippen LogP contribution in [0.4, 0.5) is 5.95 Å². The summed E-state index contributed by atoms with van der Waals surface area (Å²) in [7, 11) is 1.49. The van der Waals surface area contributed by atoms with E-state index in [1.54, 1.807) is 18.2 Å². The average molecular weight is 395 g/mol. The molecule has 1 aromatic carbocycles. The number of benzene rings is 1. The van der Waals surface area contributed by atoms with Crippen molar-refractivity contribution in [1.29, 1.82) is 0 Å². The number of methoxy groups -OCH3 is 1. The first-order valence-electron chi connectivity index (χ1n) is 9.39. The molecular formula is C19H21N7O3. The van der Waals surface area contributed by atoms with E-state index >= 15 is 0 Å². The molecule has 2 aromatic heterocycles. The molecule has 4 rings (SSSR count). The van der Waals surface area contributed by atoms with Gasteiger partial charge in [-0.15, -0.1) is 0 Å². The van der Waals surface area contributed by atoms with Crippen molar-refractivity contribution in [3.05, 3.63) is 46.8 Å². The Labute approximate surface area is 166 Å². The summed E-state index contributed by atoms with van der Waals surface area (Å²) in [6.45, 7) is 1.74. The van der Waals surface area contributed by atoms with E-state index in [-0.39, 0.29) is 30.6 Å². The summed E-state index contributed by atoms with van der Waals surface area (Å²) in [4.78, 5) is 44.1. The van der Waals surface area contributed by atoms with Gasteiger partial charge in [-0.05, 0) is 25.0 Å². The molecule has 0 spiro atoms. The second kappa shape index (κ2) is 8.21. The van der Waals surface area contributed by atoms with E-state index in [4.69, 9.17) is 4.74 Å². The first-order valence-corrected chi connectivity index (χ1v) is 9.39. The molecule has 0 bridgehead atoms. The highest BCUT2D eigenvalue weighted by atomic mass is 16.5. The summed E-state index contributed by atoms with van der Waals surface area (Å²) < 4.78 is 6.44. The molecular weight excluding hydrogens is 374 g/mol. The highest BCUT2D eigenvalue weighted by Crippen LogP contribution is 2.17. The number of hydrogen-bond acceptors (Lipinski definition) is 8. The summed E-state index contributed by atoms with van der Waals surface area (Å²) in [6.07, 6.45) is 3.56. The fraction of sp³-hybridized carbons (Fsp3) is 0.368. The van der Waals surface area contributed by atoms with Gasteiger partial charge in [-0.1, -0.05) is 12.1 Å². The van der Waals surface area contributed by atoms with Gasteiger partial charge in [-0.2, -0.15) is 15.0 Å². The number of fused-ring (bicyclic) bond motifs is 1. The molecule has 10 nitrogen and oxygen atoms in total. The summed E-state index contributed by atoms with van der Waals surface area (Å²) in [5.41, 5.74) is 0.338. The molecule has 0 unspecified atom stereocenters. The zero-order valence-corrected chi connectivity index (χ0v) is 16.0. The molecule has 0 aliphatic carbocycles. The molecule has 1 saturated heterocycles. The quantitative estimate of drug-likeness (QED) is 0.642. The number of rotatable bonds is 6. The summed E-state index contributed by atoms with van der Waals surface area (Å²) >= 11 is 0. The summed E-state index contributed by atoms with van der Waals surface area (Å²) in [5.74, 6) is 0.607. The highest BCUT2D eigenvalue weighted by Gasteiger charge is 2.18. The number of nitrogens with zero attached hydrogens (tertiary/aromatic N) is 6. The molecule has 3 heterocycles. The average Bonchev–Trinajstić information content (AvgIpc) is 3.29.